The van der Waals surface area contributed by atoms with Crippen LogP contribution in [0.1, 0.15) is 31.7 Å². The van der Waals surface area contributed by atoms with E-state index in [2.05, 4.69) is 24.4 Å². The maximum atomic E-state index is 11.3. The quantitative estimate of drug-likeness (QED) is 0.870. The molecule has 0 aromatic heterocycles. The van der Waals surface area contributed by atoms with Gasteiger partial charge >= 0.3 is 0 Å². The third-order valence-electron chi connectivity index (χ3n) is 3.38. The molecule has 0 radical (unpaired) electrons. The molecule has 1 aromatic carbocycles. The minimum atomic E-state index is -0.572. The van der Waals surface area contributed by atoms with E-state index in [9.17, 15) is 4.21 Å². The predicted molar refractivity (Wildman–Crippen MR) is 80.0 cm³/mol. The van der Waals surface area contributed by atoms with Crippen molar-refractivity contribution in [2.24, 2.45) is 0 Å². The Morgan fingerprint density at radius 2 is 1.95 bits per heavy atom. The molecule has 0 saturated carbocycles. The van der Waals surface area contributed by atoms with Crippen LogP contribution >= 0.6 is 0 Å². The monoisotopic (exact) mass is 281 g/mol. The molecule has 0 amide bonds. The molecule has 1 heterocycles. The summed E-state index contributed by atoms with van der Waals surface area (Å²) in [6.45, 7) is 3.76. The normalized spacial score (nSPS) is 23.2. The molecule has 3 nitrogen and oxygen atoms in total. The van der Waals surface area contributed by atoms with Crippen LogP contribution in [-0.2, 0) is 17.3 Å². The summed E-state index contributed by atoms with van der Waals surface area (Å²) in [5, 5.41) is 3.55. The van der Waals surface area contributed by atoms with Gasteiger partial charge in [0.15, 0.2) is 0 Å². The van der Waals surface area contributed by atoms with Crippen LogP contribution in [0.2, 0.25) is 0 Å². The first-order chi connectivity index (χ1) is 9.28. The molecule has 1 aromatic rings. The molecule has 1 saturated heterocycles. The molecule has 0 unspecified atom stereocenters. The molecule has 0 aliphatic carbocycles. The topological polar surface area (TPSA) is 38.3 Å². The van der Waals surface area contributed by atoms with Crippen molar-refractivity contribution in [2.75, 3.05) is 18.1 Å². The van der Waals surface area contributed by atoms with Crippen LogP contribution < -0.4 is 10.1 Å². The molecule has 1 aliphatic heterocycles. The molecule has 1 fully saturated rings. The first-order valence-corrected chi connectivity index (χ1v) is 8.57. The van der Waals surface area contributed by atoms with Crippen LogP contribution in [0.25, 0.3) is 0 Å². The highest BCUT2D eigenvalue weighted by Gasteiger charge is 2.16. The van der Waals surface area contributed by atoms with Gasteiger partial charge in [0, 0.05) is 34.9 Å². The molecule has 106 valence electrons. The minimum absolute atomic E-state index is 0.522. The Morgan fingerprint density at radius 3 is 2.58 bits per heavy atom. The van der Waals surface area contributed by atoms with Gasteiger partial charge in [-0.3, -0.25) is 4.21 Å². The lowest BCUT2D eigenvalue weighted by molar-refractivity contribution is 0.317. The Hall–Kier alpha value is -0.870. The van der Waals surface area contributed by atoms with Crippen LogP contribution in [-0.4, -0.2) is 28.4 Å². The number of benzene rings is 1. The second-order valence-corrected chi connectivity index (χ2v) is 6.69. The molecule has 4 heteroatoms. The SMILES string of the molecule is CCCOc1ccc(CNC2CCS(=O)CC2)cc1. The Morgan fingerprint density at radius 1 is 1.26 bits per heavy atom. The summed E-state index contributed by atoms with van der Waals surface area (Å²) in [6, 6.07) is 8.80. The van der Waals surface area contributed by atoms with E-state index in [0.29, 0.717) is 6.04 Å². The van der Waals surface area contributed by atoms with E-state index in [1.165, 1.54) is 5.56 Å². The Balaban J connectivity index is 1.75. The van der Waals surface area contributed by atoms with Gasteiger partial charge in [0.1, 0.15) is 5.75 Å². The standard InChI is InChI=1S/C15H23NO2S/c1-2-9-18-15-5-3-13(4-6-15)12-16-14-7-10-19(17)11-8-14/h3-6,14,16H,2,7-12H2,1H3. The first-order valence-electron chi connectivity index (χ1n) is 7.08. The van der Waals surface area contributed by atoms with Crippen LogP contribution in [0.4, 0.5) is 0 Å². The van der Waals surface area contributed by atoms with Gasteiger partial charge in [0.25, 0.3) is 0 Å². The molecular weight excluding hydrogens is 258 g/mol. The molecule has 19 heavy (non-hydrogen) atoms. The summed E-state index contributed by atoms with van der Waals surface area (Å²) in [5.41, 5.74) is 1.27. The maximum absolute atomic E-state index is 11.3. The van der Waals surface area contributed by atoms with Gasteiger partial charge in [-0.2, -0.15) is 0 Å². The first kappa shape index (κ1) is 14.5. The molecule has 1 aliphatic rings. The van der Waals surface area contributed by atoms with Crippen molar-refractivity contribution >= 4 is 10.8 Å². The average Bonchev–Trinajstić information content (AvgIpc) is 2.46. The van der Waals surface area contributed by atoms with Crippen molar-refractivity contribution < 1.29 is 8.95 Å². The summed E-state index contributed by atoms with van der Waals surface area (Å²) in [7, 11) is -0.572. The Bertz CT molecular complexity index is 395. The maximum Gasteiger partial charge on any atom is 0.119 e. The van der Waals surface area contributed by atoms with Gasteiger partial charge in [0.2, 0.25) is 0 Å². The predicted octanol–water partition coefficient (Wildman–Crippen LogP) is 2.48. The number of hydrogen-bond acceptors (Lipinski definition) is 3. The summed E-state index contributed by atoms with van der Waals surface area (Å²) < 4.78 is 16.8. The summed E-state index contributed by atoms with van der Waals surface area (Å²) >= 11 is 0. The van der Waals surface area contributed by atoms with Gasteiger partial charge in [-0.1, -0.05) is 19.1 Å². The second kappa shape index (κ2) is 7.65. The Labute approximate surface area is 118 Å². The van der Waals surface area contributed by atoms with Crippen LogP contribution in [0.15, 0.2) is 24.3 Å². The van der Waals surface area contributed by atoms with Crippen molar-refractivity contribution in [2.45, 2.75) is 38.8 Å². The third kappa shape index (κ3) is 4.96. The van der Waals surface area contributed by atoms with Crippen molar-refractivity contribution in [1.82, 2.24) is 5.32 Å². The molecule has 2 rings (SSSR count). The van der Waals surface area contributed by atoms with E-state index in [1.807, 2.05) is 12.1 Å². The smallest absolute Gasteiger partial charge is 0.119 e. The van der Waals surface area contributed by atoms with Gasteiger partial charge in [-0.05, 0) is 37.0 Å². The number of hydrogen-bond donors (Lipinski definition) is 1. The molecule has 0 bridgehead atoms. The molecule has 1 N–H and O–H groups in total. The highest BCUT2D eigenvalue weighted by atomic mass is 32.2. The van der Waals surface area contributed by atoms with Crippen molar-refractivity contribution in [3.05, 3.63) is 29.8 Å². The average molecular weight is 281 g/mol. The molecule has 0 spiro atoms. The van der Waals surface area contributed by atoms with E-state index in [4.69, 9.17) is 4.74 Å². The largest absolute Gasteiger partial charge is 0.494 e. The van der Waals surface area contributed by atoms with Gasteiger partial charge in [0.05, 0.1) is 6.61 Å². The van der Waals surface area contributed by atoms with Gasteiger partial charge in [-0.25, -0.2) is 0 Å². The summed E-state index contributed by atoms with van der Waals surface area (Å²) in [5.74, 6) is 2.64. The summed E-state index contributed by atoms with van der Waals surface area (Å²) in [4.78, 5) is 0. The lowest BCUT2D eigenvalue weighted by Gasteiger charge is -2.22. The van der Waals surface area contributed by atoms with Crippen LogP contribution in [0.3, 0.4) is 0 Å². The lowest BCUT2D eigenvalue weighted by atomic mass is 10.1. The minimum Gasteiger partial charge on any atom is -0.494 e. The van der Waals surface area contributed by atoms with Crippen LogP contribution in [0, 0.1) is 0 Å². The number of nitrogens with one attached hydrogen (secondary N) is 1. The van der Waals surface area contributed by atoms with E-state index < -0.39 is 10.8 Å². The highest BCUT2D eigenvalue weighted by Crippen LogP contribution is 2.14. The van der Waals surface area contributed by atoms with E-state index in [-0.39, 0.29) is 0 Å². The molecular formula is C15H23NO2S. The van der Waals surface area contributed by atoms with Gasteiger partial charge < -0.3 is 10.1 Å². The number of rotatable bonds is 6. The fourth-order valence-corrected chi connectivity index (χ4v) is 3.48. The highest BCUT2D eigenvalue weighted by molar-refractivity contribution is 7.85. The zero-order valence-electron chi connectivity index (χ0n) is 11.6. The second-order valence-electron chi connectivity index (χ2n) is 5.00. The van der Waals surface area contributed by atoms with Crippen molar-refractivity contribution in [3.8, 4) is 5.75 Å². The van der Waals surface area contributed by atoms with E-state index in [1.54, 1.807) is 0 Å². The van der Waals surface area contributed by atoms with E-state index in [0.717, 1.165) is 49.7 Å². The van der Waals surface area contributed by atoms with Crippen LogP contribution in [0.5, 0.6) is 5.75 Å². The van der Waals surface area contributed by atoms with Crippen molar-refractivity contribution in [1.29, 1.82) is 0 Å². The van der Waals surface area contributed by atoms with Crippen molar-refractivity contribution in [3.63, 3.8) is 0 Å². The van der Waals surface area contributed by atoms with E-state index >= 15 is 0 Å². The lowest BCUT2D eigenvalue weighted by Crippen LogP contribution is -2.35. The fraction of sp³-hybridized carbons (Fsp3) is 0.600. The molecule has 0 atom stereocenters. The van der Waals surface area contributed by atoms with Gasteiger partial charge in [-0.15, -0.1) is 0 Å². The third-order valence-corrected chi connectivity index (χ3v) is 4.76. The number of ether oxygens (including phenoxy) is 1. The fourth-order valence-electron chi connectivity index (χ4n) is 2.18. The summed E-state index contributed by atoms with van der Waals surface area (Å²) in [6.07, 6.45) is 3.10. The Kier molecular flexibility index (Phi) is 5.86. The zero-order chi connectivity index (χ0) is 13.5. The zero-order valence-corrected chi connectivity index (χ0v) is 12.4.